The molecule has 3 rings (SSSR count). The molecule has 0 radical (unpaired) electrons. The first-order chi connectivity index (χ1) is 16.3. The molecule has 10 heteroatoms. The van der Waals surface area contributed by atoms with Gasteiger partial charge in [0.15, 0.2) is 11.5 Å². The van der Waals surface area contributed by atoms with Gasteiger partial charge in [0.2, 0.25) is 0 Å². The Morgan fingerprint density at radius 3 is 2.53 bits per heavy atom. The number of amides is 1. The minimum atomic E-state index is -0.817. The van der Waals surface area contributed by atoms with E-state index in [4.69, 9.17) is 9.47 Å². The third kappa shape index (κ3) is 5.86. The molecule has 0 saturated heterocycles. The number of aromatic hydroxyl groups is 1. The number of nitro benzene ring substituents is 1. The standard InChI is InChI=1S/C24H18FN3O6/c1-33-23-11-16(4-9-22(23)34-14-15-2-5-18(25)6-3-15)10-17(13-26)24(30)27-20-8-7-19(28(31)32)12-21(20)29/h2-12,29H,14H2,1H3,(H,27,30). The van der Waals surface area contributed by atoms with Crippen molar-refractivity contribution in [2.24, 2.45) is 0 Å². The van der Waals surface area contributed by atoms with Gasteiger partial charge in [-0.25, -0.2) is 4.39 Å². The van der Waals surface area contributed by atoms with Crippen LogP contribution in [0.5, 0.6) is 17.2 Å². The minimum absolute atomic E-state index is 0.0844. The van der Waals surface area contributed by atoms with E-state index in [1.54, 1.807) is 36.4 Å². The van der Waals surface area contributed by atoms with Gasteiger partial charge < -0.3 is 19.9 Å². The number of anilines is 1. The van der Waals surface area contributed by atoms with Crippen LogP contribution in [0.3, 0.4) is 0 Å². The van der Waals surface area contributed by atoms with Gasteiger partial charge in [-0.1, -0.05) is 18.2 Å². The molecule has 3 aromatic carbocycles. The summed E-state index contributed by atoms with van der Waals surface area (Å²) in [6.07, 6.45) is 1.31. The van der Waals surface area contributed by atoms with Crippen LogP contribution in [0.1, 0.15) is 11.1 Å². The maximum atomic E-state index is 13.0. The van der Waals surface area contributed by atoms with Gasteiger partial charge in [0.05, 0.1) is 23.8 Å². The molecule has 0 aliphatic carbocycles. The van der Waals surface area contributed by atoms with Crippen molar-refractivity contribution < 1.29 is 28.7 Å². The monoisotopic (exact) mass is 463 g/mol. The lowest BCUT2D eigenvalue weighted by molar-refractivity contribution is -0.384. The maximum absolute atomic E-state index is 13.0. The number of phenolic OH excluding ortho intramolecular Hbond substituents is 1. The maximum Gasteiger partial charge on any atom is 0.273 e. The quantitative estimate of drug-likeness (QED) is 0.164. The lowest BCUT2D eigenvalue weighted by Crippen LogP contribution is -2.13. The Morgan fingerprint density at radius 2 is 1.91 bits per heavy atom. The first-order valence-electron chi connectivity index (χ1n) is 9.76. The zero-order valence-corrected chi connectivity index (χ0v) is 17.8. The summed E-state index contributed by atoms with van der Waals surface area (Å²) >= 11 is 0. The summed E-state index contributed by atoms with van der Waals surface area (Å²) in [5.74, 6) is -0.922. The lowest BCUT2D eigenvalue weighted by Gasteiger charge is -2.12. The van der Waals surface area contributed by atoms with Gasteiger partial charge in [-0.05, 0) is 47.5 Å². The van der Waals surface area contributed by atoms with E-state index in [-0.39, 0.29) is 29.4 Å². The molecule has 1 amide bonds. The Balaban J connectivity index is 1.75. The van der Waals surface area contributed by atoms with Crippen molar-refractivity contribution in [1.29, 1.82) is 5.26 Å². The fourth-order valence-corrected chi connectivity index (χ4v) is 2.88. The molecule has 172 valence electrons. The Hall–Kier alpha value is -4.91. The summed E-state index contributed by atoms with van der Waals surface area (Å²) in [4.78, 5) is 22.6. The topological polar surface area (TPSA) is 135 Å². The number of phenols is 1. The van der Waals surface area contributed by atoms with Crippen LogP contribution in [0.15, 0.2) is 66.2 Å². The zero-order valence-electron chi connectivity index (χ0n) is 17.8. The van der Waals surface area contributed by atoms with Gasteiger partial charge in [-0.3, -0.25) is 14.9 Å². The molecule has 0 aromatic heterocycles. The molecule has 0 heterocycles. The number of carbonyl (C=O) groups is 1. The number of nitrogens with zero attached hydrogens (tertiary/aromatic N) is 2. The molecular formula is C24H18FN3O6. The van der Waals surface area contributed by atoms with Crippen molar-refractivity contribution in [3.05, 3.63) is 93.3 Å². The lowest BCUT2D eigenvalue weighted by atomic mass is 10.1. The summed E-state index contributed by atoms with van der Waals surface area (Å²) in [6.45, 7) is 0.177. The third-order valence-corrected chi connectivity index (χ3v) is 4.61. The number of benzene rings is 3. The first-order valence-corrected chi connectivity index (χ1v) is 9.76. The molecule has 9 nitrogen and oxygen atoms in total. The van der Waals surface area contributed by atoms with Crippen LogP contribution in [0.25, 0.3) is 6.08 Å². The number of nitro groups is 1. The Bertz CT molecular complexity index is 1300. The molecule has 0 saturated carbocycles. The van der Waals surface area contributed by atoms with E-state index in [2.05, 4.69) is 5.32 Å². The van der Waals surface area contributed by atoms with Crippen molar-refractivity contribution in [2.45, 2.75) is 6.61 Å². The van der Waals surface area contributed by atoms with E-state index >= 15 is 0 Å². The van der Waals surface area contributed by atoms with Gasteiger partial charge >= 0.3 is 0 Å². The van der Waals surface area contributed by atoms with Gasteiger partial charge in [-0.15, -0.1) is 0 Å². The van der Waals surface area contributed by atoms with E-state index in [0.29, 0.717) is 17.1 Å². The third-order valence-electron chi connectivity index (χ3n) is 4.61. The molecule has 0 fully saturated rings. The number of carbonyl (C=O) groups excluding carboxylic acids is 1. The van der Waals surface area contributed by atoms with Gasteiger partial charge in [0, 0.05) is 6.07 Å². The molecular weight excluding hydrogens is 445 g/mol. The summed E-state index contributed by atoms with van der Waals surface area (Å²) in [7, 11) is 1.43. The number of nitrogens with one attached hydrogen (secondary N) is 1. The number of non-ortho nitro benzene ring substituents is 1. The van der Waals surface area contributed by atoms with Crippen LogP contribution >= 0.6 is 0 Å². The van der Waals surface area contributed by atoms with Gasteiger partial charge in [-0.2, -0.15) is 5.26 Å². The second-order valence-electron chi connectivity index (χ2n) is 6.91. The highest BCUT2D eigenvalue weighted by molar-refractivity contribution is 6.10. The molecule has 0 aliphatic rings. The van der Waals surface area contributed by atoms with E-state index in [1.165, 1.54) is 25.3 Å². The van der Waals surface area contributed by atoms with Crippen LogP contribution < -0.4 is 14.8 Å². The van der Waals surface area contributed by atoms with Crippen molar-refractivity contribution >= 4 is 23.4 Å². The summed E-state index contributed by atoms with van der Waals surface area (Å²) in [5.41, 5.74) is 0.509. The summed E-state index contributed by atoms with van der Waals surface area (Å²) < 4.78 is 24.1. The summed E-state index contributed by atoms with van der Waals surface area (Å²) in [5, 5.41) is 32.4. The number of hydrogen-bond donors (Lipinski definition) is 2. The van der Waals surface area contributed by atoms with E-state index in [0.717, 1.165) is 23.8 Å². The number of halogens is 1. The highest BCUT2D eigenvalue weighted by Gasteiger charge is 2.15. The second-order valence-corrected chi connectivity index (χ2v) is 6.91. The van der Waals surface area contributed by atoms with E-state index < -0.39 is 16.6 Å². The van der Waals surface area contributed by atoms with Crippen molar-refractivity contribution in [1.82, 2.24) is 0 Å². The molecule has 0 aliphatic heterocycles. The number of methoxy groups -OCH3 is 1. The highest BCUT2D eigenvalue weighted by Crippen LogP contribution is 2.31. The van der Waals surface area contributed by atoms with Crippen LogP contribution in [0, 0.1) is 27.3 Å². The van der Waals surface area contributed by atoms with Crippen LogP contribution in [0.2, 0.25) is 0 Å². The van der Waals surface area contributed by atoms with E-state index in [9.17, 15) is 29.7 Å². The zero-order chi connectivity index (χ0) is 24.7. The average molecular weight is 463 g/mol. The Labute approximate surface area is 193 Å². The fraction of sp³-hybridized carbons (Fsp3) is 0.0833. The summed E-state index contributed by atoms with van der Waals surface area (Å²) in [6, 6.07) is 15.6. The highest BCUT2D eigenvalue weighted by atomic mass is 19.1. The van der Waals surface area contributed by atoms with Crippen LogP contribution in [-0.2, 0) is 11.4 Å². The molecule has 2 N–H and O–H groups in total. The van der Waals surface area contributed by atoms with Crippen molar-refractivity contribution in [3.8, 4) is 23.3 Å². The number of nitriles is 1. The SMILES string of the molecule is COc1cc(C=C(C#N)C(=O)Nc2ccc([N+](=O)[O-])cc2O)ccc1OCc1ccc(F)cc1. The Kier molecular flexibility index (Phi) is 7.41. The van der Waals surface area contributed by atoms with Gasteiger partial charge in [0.25, 0.3) is 11.6 Å². The minimum Gasteiger partial charge on any atom is -0.506 e. The van der Waals surface area contributed by atoms with Gasteiger partial charge in [0.1, 0.15) is 29.8 Å². The average Bonchev–Trinajstić information content (AvgIpc) is 2.83. The number of ether oxygens (including phenoxy) is 2. The van der Waals surface area contributed by atoms with Crippen molar-refractivity contribution in [3.63, 3.8) is 0 Å². The van der Waals surface area contributed by atoms with E-state index in [1.807, 2.05) is 0 Å². The van der Waals surface area contributed by atoms with Crippen LogP contribution in [-0.4, -0.2) is 23.0 Å². The molecule has 0 atom stereocenters. The largest absolute Gasteiger partial charge is 0.506 e. The number of rotatable bonds is 8. The molecule has 0 unspecified atom stereocenters. The Morgan fingerprint density at radius 1 is 1.18 bits per heavy atom. The molecule has 0 spiro atoms. The molecule has 34 heavy (non-hydrogen) atoms. The number of hydrogen-bond acceptors (Lipinski definition) is 7. The second kappa shape index (κ2) is 10.6. The molecule has 3 aromatic rings. The van der Waals surface area contributed by atoms with Crippen molar-refractivity contribution in [2.75, 3.05) is 12.4 Å². The predicted octanol–water partition coefficient (Wildman–Crippen LogP) is 4.57. The fourth-order valence-electron chi connectivity index (χ4n) is 2.88. The first kappa shape index (κ1) is 23.7. The predicted molar refractivity (Wildman–Crippen MR) is 121 cm³/mol. The smallest absolute Gasteiger partial charge is 0.273 e. The normalized spacial score (nSPS) is 10.8. The van der Waals surface area contributed by atoms with Crippen LogP contribution in [0.4, 0.5) is 15.8 Å². The molecule has 0 bridgehead atoms.